The van der Waals surface area contributed by atoms with Crippen LogP contribution in [0.25, 0.3) is 0 Å². The Bertz CT molecular complexity index is 563. The monoisotopic (exact) mass is 267 g/mol. The van der Waals surface area contributed by atoms with Crippen molar-refractivity contribution in [1.29, 1.82) is 0 Å². The molecule has 0 bridgehead atoms. The Kier molecular flexibility index (Phi) is 4.94. The van der Waals surface area contributed by atoms with Crippen LogP contribution in [0.1, 0.15) is 35.7 Å². The van der Waals surface area contributed by atoms with Crippen molar-refractivity contribution in [3.05, 3.63) is 65.7 Å². The highest BCUT2D eigenvalue weighted by atomic mass is 16.2. The molecule has 0 unspecified atom stereocenters. The molecule has 0 aliphatic heterocycles. The van der Waals surface area contributed by atoms with Gasteiger partial charge >= 0.3 is 0 Å². The van der Waals surface area contributed by atoms with Crippen LogP contribution in [0.15, 0.2) is 54.6 Å². The molecule has 0 aliphatic rings. The van der Waals surface area contributed by atoms with Gasteiger partial charge in [-0.25, -0.2) is 0 Å². The molecule has 0 aliphatic carbocycles. The van der Waals surface area contributed by atoms with Crippen LogP contribution >= 0.6 is 0 Å². The first-order valence-corrected chi connectivity index (χ1v) is 7.16. The zero-order chi connectivity index (χ0) is 14.4. The molecular formula is C18H21NO. The summed E-state index contributed by atoms with van der Waals surface area (Å²) < 4.78 is 0. The highest BCUT2D eigenvalue weighted by molar-refractivity contribution is 6.07. The van der Waals surface area contributed by atoms with E-state index in [0.29, 0.717) is 0 Å². The molecule has 2 aromatic carbocycles. The summed E-state index contributed by atoms with van der Waals surface area (Å²) in [6.07, 6.45) is 2.08. The quantitative estimate of drug-likeness (QED) is 0.784. The molecule has 2 nitrogen and oxygen atoms in total. The number of para-hydroxylation sites is 1. The lowest BCUT2D eigenvalue weighted by molar-refractivity contribution is 0.0986. The third kappa shape index (κ3) is 3.27. The van der Waals surface area contributed by atoms with Gasteiger partial charge in [-0.05, 0) is 37.1 Å². The predicted octanol–water partition coefficient (Wildman–Crippen LogP) is 4.44. The second-order valence-electron chi connectivity index (χ2n) is 4.96. The van der Waals surface area contributed by atoms with Crippen molar-refractivity contribution >= 4 is 11.6 Å². The van der Waals surface area contributed by atoms with Crippen LogP contribution in [0.4, 0.5) is 5.69 Å². The summed E-state index contributed by atoms with van der Waals surface area (Å²) in [5, 5.41) is 0. The second kappa shape index (κ2) is 6.90. The van der Waals surface area contributed by atoms with Crippen molar-refractivity contribution in [2.24, 2.45) is 0 Å². The summed E-state index contributed by atoms with van der Waals surface area (Å²) in [6, 6.07) is 17.7. The number of carbonyl (C=O) groups is 1. The van der Waals surface area contributed by atoms with Crippen LogP contribution in [0.5, 0.6) is 0 Å². The minimum atomic E-state index is 0.0859. The highest BCUT2D eigenvalue weighted by Gasteiger charge is 2.18. The molecule has 1 amide bonds. The normalized spacial score (nSPS) is 10.3. The van der Waals surface area contributed by atoms with E-state index in [0.717, 1.165) is 36.2 Å². The fraction of sp³-hybridized carbons (Fsp3) is 0.278. The highest BCUT2D eigenvalue weighted by Crippen LogP contribution is 2.19. The second-order valence-corrected chi connectivity index (χ2v) is 4.96. The Morgan fingerprint density at radius 3 is 2.30 bits per heavy atom. The van der Waals surface area contributed by atoms with Crippen molar-refractivity contribution < 1.29 is 4.79 Å². The van der Waals surface area contributed by atoms with Gasteiger partial charge in [0.1, 0.15) is 0 Å². The average molecular weight is 267 g/mol. The first-order chi connectivity index (χ1) is 9.74. The molecule has 2 heteroatoms. The summed E-state index contributed by atoms with van der Waals surface area (Å²) in [6.45, 7) is 4.88. The number of hydrogen-bond donors (Lipinski definition) is 0. The number of rotatable bonds is 5. The van der Waals surface area contributed by atoms with E-state index < -0.39 is 0 Å². The number of hydrogen-bond acceptors (Lipinski definition) is 1. The molecule has 104 valence electrons. The van der Waals surface area contributed by atoms with Gasteiger partial charge in [-0.15, -0.1) is 0 Å². The lowest BCUT2D eigenvalue weighted by Crippen LogP contribution is -2.32. The lowest BCUT2D eigenvalue weighted by atomic mass is 10.1. The maximum atomic E-state index is 12.8. The van der Waals surface area contributed by atoms with E-state index in [1.165, 1.54) is 0 Å². The third-order valence-electron chi connectivity index (χ3n) is 3.42. The van der Waals surface area contributed by atoms with Crippen molar-refractivity contribution in [1.82, 2.24) is 0 Å². The first-order valence-electron chi connectivity index (χ1n) is 7.16. The molecular weight excluding hydrogens is 246 g/mol. The number of anilines is 1. The Labute approximate surface area is 121 Å². The molecule has 0 radical (unpaired) electrons. The van der Waals surface area contributed by atoms with Crippen molar-refractivity contribution in [2.75, 3.05) is 11.4 Å². The Hall–Kier alpha value is -2.09. The molecule has 0 saturated heterocycles. The van der Waals surface area contributed by atoms with Gasteiger partial charge in [0.05, 0.1) is 0 Å². The number of benzene rings is 2. The van der Waals surface area contributed by atoms with Gasteiger partial charge in [0.25, 0.3) is 5.91 Å². The predicted molar refractivity (Wildman–Crippen MR) is 84.2 cm³/mol. The topological polar surface area (TPSA) is 20.3 Å². The Balaban J connectivity index is 2.32. The van der Waals surface area contributed by atoms with Gasteiger partial charge in [0.15, 0.2) is 0 Å². The molecule has 0 atom stereocenters. The number of nitrogens with zero attached hydrogens (tertiary/aromatic N) is 1. The molecule has 0 aromatic heterocycles. The van der Waals surface area contributed by atoms with E-state index in [4.69, 9.17) is 0 Å². The van der Waals surface area contributed by atoms with Gasteiger partial charge in [-0.2, -0.15) is 0 Å². The van der Waals surface area contributed by atoms with Crippen LogP contribution < -0.4 is 4.90 Å². The largest absolute Gasteiger partial charge is 0.308 e. The number of amides is 1. The van der Waals surface area contributed by atoms with E-state index in [1.54, 1.807) is 0 Å². The fourth-order valence-electron chi connectivity index (χ4n) is 2.23. The Morgan fingerprint density at radius 2 is 1.65 bits per heavy atom. The van der Waals surface area contributed by atoms with Gasteiger partial charge in [0, 0.05) is 17.8 Å². The maximum Gasteiger partial charge on any atom is 0.258 e. The number of aryl methyl sites for hydroxylation is 1. The van der Waals surface area contributed by atoms with Crippen LogP contribution in [0, 0.1) is 6.92 Å². The zero-order valence-corrected chi connectivity index (χ0v) is 12.2. The molecule has 0 N–H and O–H groups in total. The van der Waals surface area contributed by atoms with Gasteiger partial charge in [-0.3, -0.25) is 4.79 Å². The summed E-state index contributed by atoms with van der Waals surface area (Å²) in [7, 11) is 0. The van der Waals surface area contributed by atoms with Gasteiger partial charge in [-0.1, -0.05) is 49.7 Å². The van der Waals surface area contributed by atoms with E-state index in [9.17, 15) is 4.79 Å². The smallest absolute Gasteiger partial charge is 0.258 e. The molecule has 2 aromatic rings. The standard InChI is InChI=1S/C18H21NO/c1-3-4-14-19(16-11-6-5-7-12-16)18(20)17-13-9-8-10-15(17)2/h5-13H,3-4,14H2,1-2H3. The lowest BCUT2D eigenvalue weighted by Gasteiger charge is -2.23. The van der Waals surface area contributed by atoms with E-state index in [1.807, 2.05) is 66.4 Å². The van der Waals surface area contributed by atoms with E-state index in [2.05, 4.69) is 6.92 Å². The van der Waals surface area contributed by atoms with Crippen LogP contribution in [0.2, 0.25) is 0 Å². The Morgan fingerprint density at radius 1 is 1.00 bits per heavy atom. The number of carbonyl (C=O) groups excluding carboxylic acids is 1. The molecule has 0 heterocycles. The molecule has 2 rings (SSSR count). The molecule has 0 fully saturated rings. The van der Waals surface area contributed by atoms with Crippen LogP contribution in [-0.2, 0) is 0 Å². The maximum absolute atomic E-state index is 12.8. The van der Waals surface area contributed by atoms with E-state index in [-0.39, 0.29) is 5.91 Å². The van der Waals surface area contributed by atoms with E-state index >= 15 is 0 Å². The van der Waals surface area contributed by atoms with Crippen molar-refractivity contribution in [3.63, 3.8) is 0 Å². The zero-order valence-electron chi connectivity index (χ0n) is 12.2. The summed E-state index contributed by atoms with van der Waals surface area (Å²) in [5.74, 6) is 0.0859. The van der Waals surface area contributed by atoms with Crippen molar-refractivity contribution in [2.45, 2.75) is 26.7 Å². The van der Waals surface area contributed by atoms with Crippen LogP contribution in [-0.4, -0.2) is 12.5 Å². The average Bonchev–Trinajstić information content (AvgIpc) is 2.49. The summed E-state index contributed by atoms with van der Waals surface area (Å²) >= 11 is 0. The minimum absolute atomic E-state index is 0.0859. The fourth-order valence-corrected chi connectivity index (χ4v) is 2.23. The first kappa shape index (κ1) is 14.3. The number of unbranched alkanes of at least 4 members (excludes halogenated alkanes) is 1. The molecule has 20 heavy (non-hydrogen) atoms. The SMILES string of the molecule is CCCCN(C(=O)c1ccccc1C)c1ccccc1. The minimum Gasteiger partial charge on any atom is -0.308 e. The van der Waals surface area contributed by atoms with Crippen LogP contribution in [0.3, 0.4) is 0 Å². The van der Waals surface area contributed by atoms with Gasteiger partial charge in [0.2, 0.25) is 0 Å². The van der Waals surface area contributed by atoms with Crippen molar-refractivity contribution in [3.8, 4) is 0 Å². The molecule has 0 saturated carbocycles. The summed E-state index contributed by atoms with van der Waals surface area (Å²) in [5.41, 5.74) is 2.77. The third-order valence-corrected chi connectivity index (χ3v) is 3.42. The van der Waals surface area contributed by atoms with Gasteiger partial charge < -0.3 is 4.90 Å². The molecule has 0 spiro atoms. The summed E-state index contributed by atoms with van der Waals surface area (Å²) in [4.78, 5) is 14.7.